The minimum Gasteiger partial charge on any atom is -0.481 e. The normalized spacial score (nSPS) is 12.6. The third-order valence-electron chi connectivity index (χ3n) is 4.85. The first-order chi connectivity index (χ1) is 14.8. The second-order valence-corrected chi connectivity index (χ2v) is 7.89. The second-order valence-electron chi connectivity index (χ2n) is 7.46. The van der Waals surface area contributed by atoms with Gasteiger partial charge in [0.2, 0.25) is 5.91 Å². The quantitative estimate of drug-likeness (QED) is 0.497. The number of amides is 1. The van der Waals surface area contributed by atoms with Gasteiger partial charge in [0.25, 0.3) is 0 Å². The van der Waals surface area contributed by atoms with Crippen molar-refractivity contribution in [2.45, 2.75) is 45.6 Å². The second kappa shape index (κ2) is 12.1. The van der Waals surface area contributed by atoms with Crippen LogP contribution >= 0.6 is 11.6 Å². The van der Waals surface area contributed by atoms with E-state index in [9.17, 15) is 14.4 Å². The first-order valence-corrected chi connectivity index (χ1v) is 10.7. The van der Waals surface area contributed by atoms with Crippen molar-refractivity contribution in [3.63, 3.8) is 0 Å². The molecule has 0 saturated carbocycles. The van der Waals surface area contributed by atoms with E-state index in [0.29, 0.717) is 24.5 Å². The number of halogens is 1. The van der Waals surface area contributed by atoms with E-state index in [1.165, 1.54) is 0 Å². The topological polar surface area (TPSA) is 92.7 Å². The van der Waals surface area contributed by atoms with E-state index in [2.05, 4.69) is 5.32 Å². The van der Waals surface area contributed by atoms with Gasteiger partial charge < -0.3 is 15.2 Å². The monoisotopic (exact) mass is 445 g/mol. The van der Waals surface area contributed by atoms with Gasteiger partial charge in [0.15, 0.2) is 0 Å². The Labute approximate surface area is 187 Å². The van der Waals surface area contributed by atoms with Crippen molar-refractivity contribution in [1.82, 2.24) is 5.32 Å². The number of hydrogen-bond donors (Lipinski definition) is 2. The van der Waals surface area contributed by atoms with Gasteiger partial charge in [-0.05, 0) is 48.6 Å². The maximum Gasteiger partial charge on any atom is 0.308 e. The number of carboxylic acids is 1. The molecular weight excluding hydrogens is 418 g/mol. The van der Waals surface area contributed by atoms with Gasteiger partial charge in [-0.2, -0.15) is 0 Å². The number of benzene rings is 2. The Bertz CT molecular complexity index is 897. The van der Waals surface area contributed by atoms with Gasteiger partial charge >= 0.3 is 11.9 Å². The summed E-state index contributed by atoms with van der Waals surface area (Å²) in [6.07, 6.45) is 0.569. The number of hydrogen-bond acceptors (Lipinski definition) is 4. The molecule has 0 spiro atoms. The average molecular weight is 446 g/mol. The van der Waals surface area contributed by atoms with Gasteiger partial charge in [0, 0.05) is 17.5 Å². The minimum absolute atomic E-state index is 0.104. The fraction of sp³-hybridized carbons (Fsp3) is 0.375. The van der Waals surface area contributed by atoms with Crippen molar-refractivity contribution in [1.29, 1.82) is 0 Å². The van der Waals surface area contributed by atoms with E-state index >= 15 is 0 Å². The zero-order chi connectivity index (χ0) is 22.8. The molecule has 2 atom stereocenters. The molecule has 0 bridgehead atoms. The number of aliphatic carboxylic acids is 1. The molecule has 31 heavy (non-hydrogen) atoms. The van der Waals surface area contributed by atoms with E-state index < -0.39 is 11.9 Å². The maximum absolute atomic E-state index is 12.2. The first-order valence-electron chi connectivity index (χ1n) is 10.3. The molecule has 1 amide bonds. The maximum atomic E-state index is 12.2. The highest BCUT2D eigenvalue weighted by Gasteiger charge is 2.22. The predicted molar refractivity (Wildman–Crippen MR) is 120 cm³/mol. The number of carboxylic acid groups (broad SMARTS) is 1. The SMILES string of the molecule is CCOC(=O)[C@@H](C)C[C@@H](Cc1ccc(-c2cccc(Cl)c2)cc1)NC(=O)CCC(=O)O. The molecule has 0 radical (unpaired) electrons. The lowest BCUT2D eigenvalue weighted by atomic mass is 9.94. The van der Waals surface area contributed by atoms with Crippen LogP contribution in [-0.2, 0) is 25.5 Å². The molecule has 2 aromatic carbocycles. The van der Waals surface area contributed by atoms with E-state index in [4.69, 9.17) is 21.4 Å². The minimum atomic E-state index is -1.02. The number of carbonyl (C=O) groups excluding carboxylic acids is 2. The Morgan fingerprint density at radius 3 is 2.39 bits per heavy atom. The summed E-state index contributed by atoms with van der Waals surface area (Å²) in [5.74, 6) is -2.08. The van der Waals surface area contributed by atoms with Crippen LogP contribution in [0.5, 0.6) is 0 Å². The van der Waals surface area contributed by atoms with Crippen LogP contribution in [0.1, 0.15) is 38.7 Å². The fourth-order valence-corrected chi connectivity index (χ4v) is 3.50. The Kier molecular flexibility index (Phi) is 9.53. The zero-order valence-electron chi connectivity index (χ0n) is 17.8. The van der Waals surface area contributed by atoms with Crippen molar-refractivity contribution in [3.8, 4) is 11.1 Å². The third-order valence-corrected chi connectivity index (χ3v) is 5.09. The highest BCUT2D eigenvalue weighted by Crippen LogP contribution is 2.24. The molecule has 2 aromatic rings. The molecular formula is C24H28ClNO5. The highest BCUT2D eigenvalue weighted by molar-refractivity contribution is 6.30. The van der Waals surface area contributed by atoms with Crippen LogP contribution in [0.2, 0.25) is 5.02 Å². The van der Waals surface area contributed by atoms with Crippen LogP contribution in [0.3, 0.4) is 0 Å². The van der Waals surface area contributed by atoms with Gasteiger partial charge in [-0.3, -0.25) is 14.4 Å². The summed E-state index contributed by atoms with van der Waals surface area (Å²) < 4.78 is 5.07. The third kappa shape index (κ3) is 8.42. The van der Waals surface area contributed by atoms with Crippen LogP contribution in [-0.4, -0.2) is 35.6 Å². The summed E-state index contributed by atoms with van der Waals surface area (Å²) >= 11 is 6.07. The van der Waals surface area contributed by atoms with E-state index in [0.717, 1.165) is 16.7 Å². The molecule has 0 aliphatic rings. The lowest BCUT2D eigenvalue weighted by molar-refractivity contribution is -0.148. The molecule has 0 saturated heterocycles. The molecule has 0 heterocycles. The Balaban J connectivity index is 2.10. The molecule has 7 heteroatoms. The van der Waals surface area contributed by atoms with Crippen LogP contribution in [0.15, 0.2) is 48.5 Å². The molecule has 2 N–H and O–H groups in total. The number of carbonyl (C=O) groups is 3. The van der Waals surface area contributed by atoms with Gasteiger partial charge in [-0.25, -0.2) is 0 Å². The largest absolute Gasteiger partial charge is 0.481 e. The van der Waals surface area contributed by atoms with E-state index in [-0.39, 0.29) is 30.8 Å². The summed E-state index contributed by atoms with van der Waals surface area (Å²) in [6.45, 7) is 3.80. The number of ether oxygens (including phenoxy) is 1. The molecule has 6 nitrogen and oxygen atoms in total. The molecule has 0 aliphatic carbocycles. The Hall–Kier alpha value is -2.86. The fourth-order valence-electron chi connectivity index (χ4n) is 3.31. The Morgan fingerprint density at radius 1 is 1.06 bits per heavy atom. The first kappa shape index (κ1) is 24.4. The van der Waals surface area contributed by atoms with Gasteiger partial charge in [0.05, 0.1) is 18.9 Å². The molecule has 0 aliphatic heterocycles. The molecule has 0 unspecified atom stereocenters. The summed E-state index contributed by atoms with van der Waals surface area (Å²) in [7, 11) is 0. The smallest absolute Gasteiger partial charge is 0.308 e. The molecule has 0 fully saturated rings. The number of rotatable bonds is 11. The van der Waals surface area contributed by atoms with Crippen LogP contribution in [0.25, 0.3) is 11.1 Å². The van der Waals surface area contributed by atoms with Crippen molar-refractivity contribution in [2.75, 3.05) is 6.61 Å². The molecule has 166 valence electrons. The van der Waals surface area contributed by atoms with Crippen molar-refractivity contribution in [2.24, 2.45) is 5.92 Å². The lowest BCUT2D eigenvalue weighted by Gasteiger charge is -2.22. The predicted octanol–water partition coefficient (Wildman–Crippen LogP) is 4.49. The summed E-state index contributed by atoms with van der Waals surface area (Å²) in [4.78, 5) is 35.0. The molecule has 2 rings (SSSR count). The lowest BCUT2D eigenvalue weighted by Crippen LogP contribution is -2.39. The van der Waals surface area contributed by atoms with Crippen LogP contribution < -0.4 is 5.32 Å². The van der Waals surface area contributed by atoms with Crippen molar-refractivity contribution >= 4 is 29.4 Å². The van der Waals surface area contributed by atoms with Crippen LogP contribution in [0, 0.1) is 5.92 Å². The number of esters is 1. The summed E-state index contributed by atoms with van der Waals surface area (Å²) in [6, 6.07) is 15.2. The van der Waals surface area contributed by atoms with Gasteiger partial charge in [0.1, 0.15) is 0 Å². The van der Waals surface area contributed by atoms with Crippen LogP contribution in [0.4, 0.5) is 0 Å². The van der Waals surface area contributed by atoms with E-state index in [1.54, 1.807) is 13.8 Å². The highest BCUT2D eigenvalue weighted by atomic mass is 35.5. The summed E-state index contributed by atoms with van der Waals surface area (Å²) in [5, 5.41) is 12.3. The van der Waals surface area contributed by atoms with E-state index in [1.807, 2.05) is 48.5 Å². The standard InChI is InChI=1S/C24H28ClNO5/c1-3-31-24(30)16(2)13-21(26-22(27)11-12-23(28)29)14-17-7-9-18(10-8-17)19-5-4-6-20(25)15-19/h4-10,15-16,21H,3,11-14H2,1-2H3,(H,26,27)(H,28,29)/t16-,21-/m0/s1. The molecule has 0 aromatic heterocycles. The Morgan fingerprint density at radius 2 is 1.77 bits per heavy atom. The average Bonchev–Trinajstić information content (AvgIpc) is 2.73. The van der Waals surface area contributed by atoms with Crippen molar-refractivity contribution < 1.29 is 24.2 Å². The zero-order valence-corrected chi connectivity index (χ0v) is 18.5. The van der Waals surface area contributed by atoms with Crippen molar-refractivity contribution in [3.05, 3.63) is 59.1 Å². The number of nitrogens with one attached hydrogen (secondary N) is 1. The van der Waals surface area contributed by atoms with Gasteiger partial charge in [-0.15, -0.1) is 0 Å². The summed E-state index contributed by atoms with van der Waals surface area (Å²) in [5.41, 5.74) is 3.02. The van der Waals surface area contributed by atoms with Gasteiger partial charge in [-0.1, -0.05) is 54.9 Å².